The first-order valence-corrected chi connectivity index (χ1v) is 9.66. The van der Waals surface area contributed by atoms with E-state index < -0.39 is 12.0 Å². The van der Waals surface area contributed by atoms with Gasteiger partial charge in [0.15, 0.2) is 5.82 Å². The summed E-state index contributed by atoms with van der Waals surface area (Å²) in [7, 11) is 1.81. The predicted octanol–water partition coefficient (Wildman–Crippen LogP) is 2.83. The molecule has 1 saturated heterocycles. The van der Waals surface area contributed by atoms with Gasteiger partial charge in [0.2, 0.25) is 0 Å². The van der Waals surface area contributed by atoms with E-state index in [0.717, 1.165) is 17.2 Å². The number of phenols is 1. The minimum absolute atomic E-state index is 0.0252. The Labute approximate surface area is 173 Å². The number of benzene rings is 2. The molecule has 0 spiro atoms. The standard InChI is InChI=1S/C22H21N5O3/c1-27-12-14(7-9-18(27)22(29)30)24-21-16-5-3-2-4-15(16)20(25-26-21)17-8-6-13(11-23)10-19(17)28/h2-6,8,10,14,18,28H,7,9,12H2,1H3,(H,24,26)(H,29,30)/t14-,18+/m1/s1. The molecule has 8 nitrogen and oxygen atoms in total. The lowest BCUT2D eigenvalue weighted by atomic mass is 9.98. The third-order valence-corrected chi connectivity index (χ3v) is 5.52. The van der Waals surface area contributed by atoms with Crippen LogP contribution in [0.3, 0.4) is 0 Å². The lowest BCUT2D eigenvalue weighted by molar-refractivity contribution is -0.143. The van der Waals surface area contributed by atoms with Gasteiger partial charge < -0.3 is 15.5 Å². The fraction of sp³-hybridized carbons (Fsp3) is 0.273. The summed E-state index contributed by atoms with van der Waals surface area (Å²) >= 11 is 0. The smallest absolute Gasteiger partial charge is 0.320 e. The second-order valence-electron chi connectivity index (χ2n) is 7.50. The highest BCUT2D eigenvalue weighted by Gasteiger charge is 2.30. The SMILES string of the molecule is CN1C[C@H](Nc2nnc(-c3ccc(C#N)cc3O)c3ccccc23)CC[C@H]1C(=O)O. The van der Waals surface area contributed by atoms with Gasteiger partial charge >= 0.3 is 5.97 Å². The highest BCUT2D eigenvalue weighted by atomic mass is 16.4. The van der Waals surface area contributed by atoms with Gasteiger partial charge in [-0.1, -0.05) is 24.3 Å². The van der Waals surface area contributed by atoms with Crippen molar-refractivity contribution in [1.29, 1.82) is 5.26 Å². The molecule has 152 valence electrons. The number of hydrogen-bond acceptors (Lipinski definition) is 7. The quantitative estimate of drug-likeness (QED) is 0.608. The zero-order valence-corrected chi connectivity index (χ0v) is 16.4. The Balaban J connectivity index is 1.67. The number of nitriles is 1. The lowest BCUT2D eigenvalue weighted by Gasteiger charge is -2.35. The van der Waals surface area contributed by atoms with Crippen LogP contribution in [0.15, 0.2) is 42.5 Å². The van der Waals surface area contributed by atoms with E-state index in [-0.39, 0.29) is 11.8 Å². The monoisotopic (exact) mass is 403 g/mol. The molecular weight excluding hydrogens is 382 g/mol. The molecule has 2 aromatic carbocycles. The molecule has 1 fully saturated rings. The summed E-state index contributed by atoms with van der Waals surface area (Å²) in [6.45, 7) is 0.588. The molecule has 3 N–H and O–H groups in total. The molecule has 4 rings (SSSR count). The Hall–Kier alpha value is -3.70. The molecule has 0 bridgehead atoms. The topological polar surface area (TPSA) is 122 Å². The number of carboxylic acid groups (broad SMARTS) is 1. The van der Waals surface area contributed by atoms with E-state index in [1.54, 1.807) is 12.1 Å². The van der Waals surface area contributed by atoms with Crippen molar-refractivity contribution in [2.45, 2.75) is 24.9 Å². The molecule has 0 radical (unpaired) electrons. The Morgan fingerprint density at radius 1 is 1.20 bits per heavy atom. The summed E-state index contributed by atoms with van der Waals surface area (Å²) in [5.41, 5.74) is 1.41. The number of nitrogens with zero attached hydrogens (tertiary/aromatic N) is 4. The largest absolute Gasteiger partial charge is 0.507 e. The van der Waals surface area contributed by atoms with E-state index in [4.69, 9.17) is 5.26 Å². The van der Waals surface area contributed by atoms with Crippen LogP contribution in [0.25, 0.3) is 22.0 Å². The van der Waals surface area contributed by atoms with Crippen molar-refractivity contribution in [3.8, 4) is 23.1 Å². The summed E-state index contributed by atoms with van der Waals surface area (Å²) in [4.78, 5) is 13.2. The number of aliphatic carboxylic acids is 1. The van der Waals surface area contributed by atoms with Gasteiger partial charge in [-0.2, -0.15) is 5.26 Å². The number of aromatic nitrogens is 2. The molecule has 2 atom stereocenters. The number of carbonyl (C=O) groups is 1. The van der Waals surface area contributed by atoms with Crippen LogP contribution < -0.4 is 5.32 Å². The third kappa shape index (κ3) is 3.63. The highest BCUT2D eigenvalue weighted by Crippen LogP contribution is 2.35. The molecule has 30 heavy (non-hydrogen) atoms. The molecule has 0 unspecified atom stereocenters. The molecular formula is C22H21N5O3. The number of phenolic OH excluding ortho intramolecular Hbond substituents is 1. The van der Waals surface area contributed by atoms with Crippen molar-refractivity contribution in [3.63, 3.8) is 0 Å². The Kier molecular flexibility index (Phi) is 5.21. The van der Waals surface area contributed by atoms with Crippen LogP contribution in [0.1, 0.15) is 18.4 Å². The molecule has 0 saturated carbocycles. The maximum atomic E-state index is 11.3. The fourth-order valence-corrected chi connectivity index (χ4v) is 3.98. The van der Waals surface area contributed by atoms with E-state index in [1.165, 1.54) is 6.07 Å². The summed E-state index contributed by atoms with van der Waals surface area (Å²) in [5, 5.41) is 42.5. The number of piperidine rings is 1. The average Bonchev–Trinajstić information content (AvgIpc) is 2.74. The number of nitrogens with one attached hydrogen (secondary N) is 1. The summed E-state index contributed by atoms with van der Waals surface area (Å²) in [6.07, 6.45) is 1.28. The first kappa shape index (κ1) is 19.6. The number of likely N-dealkylation sites (N-methyl/N-ethyl adjacent to an activating group) is 1. The van der Waals surface area contributed by atoms with Crippen molar-refractivity contribution in [2.24, 2.45) is 0 Å². The van der Waals surface area contributed by atoms with E-state index in [2.05, 4.69) is 15.5 Å². The summed E-state index contributed by atoms with van der Waals surface area (Å²) in [5.74, 6) is -0.203. The van der Waals surface area contributed by atoms with E-state index in [0.29, 0.717) is 35.6 Å². The predicted molar refractivity (Wildman–Crippen MR) is 112 cm³/mol. The van der Waals surface area contributed by atoms with Crippen LogP contribution in [0.2, 0.25) is 0 Å². The first-order valence-electron chi connectivity index (χ1n) is 9.66. The summed E-state index contributed by atoms with van der Waals surface area (Å²) in [6, 6.07) is 14.0. The maximum absolute atomic E-state index is 11.3. The molecule has 8 heteroatoms. The third-order valence-electron chi connectivity index (χ3n) is 5.52. The zero-order chi connectivity index (χ0) is 21.3. The molecule has 1 aromatic heterocycles. The van der Waals surface area contributed by atoms with Gasteiger partial charge in [-0.05, 0) is 38.1 Å². The van der Waals surface area contributed by atoms with Gasteiger partial charge in [0.05, 0.1) is 11.6 Å². The van der Waals surface area contributed by atoms with Gasteiger partial charge in [-0.3, -0.25) is 9.69 Å². The van der Waals surface area contributed by atoms with Crippen LogP contribution in [0.4, 0.5) is 5.82 Å². The number of fused-ring (bicyclic) bond motifs is 1. The number of carboxylic acids is 1. The van der Waals surface area contributed by atoms with Gasteiger partial charge in [0.1, 0.15) is 17.5 Å². The Morgan fingerprint density at radius 2 is 1.97 bits per heavy atom. The molecule has 2 heterocycles. The number of anilines is 1. The molecule has 0 aliphatic carbocycles. The van der Waals surface area contributed by atoms with Gasteiger partial charge in [-0.15, -0.1) is 10.2 Å². The van der Waals surface area contributed by atoms with Crippen LogP contribution in [0, 0.1) is 11.3 Å². The Bertz CT molecular complexity index is 1160. The van der Waals surface area contributed by atoms with Gasteiger partial charge in [-0.25, -0.2) is 0 Å². The van der Waals surface area contributed by atoms with Crippen LogP contribution >= 0.6 is 0 Å². The van der Waals surface area contributed by atoms with E-state index in [1.807, 2.05) is 42.3 Å². The van der Waals surface area contributed by atoms with Crippen LogP contribution in [0.5, 0.6) is 5.75 Å². The Morgan fingerprint density at radius 3 is 2.63 bits per heavy atom. The second-order valence-corrected chi connectivity index (χ2v) is 7.50. The molecule has 1 aliphatic rings. The maximum Gasteiger partial charge on any atom is 0.320 e. The average molecular weight is 403 g/mol. The van der Waals surface area contributed by atoms with Crippen LogP contribution in [-0.4, -0.2) is 57.0 Å². The lowest BCUT2D eigenvalue weighted by Crippen LogP contribution is -2.49. The molecule has 0 amide bonds. The fourth-order valence-electron chi connectivity index (χ4n) is 3.98. The minimum Gasteiger partial charge on any atom is -0.507 e. The number of hydrogen-bond donors (Lipinski definition) is 3. The van der Waals surface area contributed by atoms with Crippen molar-refractivity contribution in [1.82, 2.24) is 15.1 Å². The normalized spacial score (nSPS) is 19.3. The van der Waals surface area contributed by atoms with Crippen molar-refractivity contribution in [2.75, 3.05) is 18.9 Å². The van der Waals surface area contributed by atoms with E-state index in [9.17, 15) is 15.0 Å². The first-order chi connectivity index (χ1) is 14.5. The van der Waals surface area contributed by atoms with Crippen molar-refractivity contribution >= 4 is 22.6 Å². The molecule has 3 aromatic rings. The van der Waals surface area contributed by atoms with Crippen molar-refractivity contribution < 1.29 is 15.0 Å². The number of aromatic hydroxyl groups is 1. The minimum atomic E-state index is -0.798. The van der Waals surface area contributed by atoms with Gasteiger partial charge in [0.25, 0.3) is 0 Å². The van der Waals surface area contributed by atoms with E-state index >= 15 is 0 Å². The number of likely N-dealkylation sites (tertiary alicyclic amines) is 1. The van der Waals surface area contributed by atoms with Gasteiger partial charge in [0, 0.05) is 28.9 Å². The highest BCUT2D eigenvalue weighted by molar-refractivity contribution is 6.01. The second kappa shape index (κ2) is 7.97. The number of rotatable bonds is 4. The van der Waals surface area contributed by atoms with Crippen LogP contribution in [-0.2, 0) is 4.79 Å². The van der Waals surface area contributed by atoms with Crippen molar-refractivity contribution in [3.05, 3.63) is 48.0 Å². The molecule has 1 aliphatic heterocycles. The summed E-state index contributed by atoms with van der Waals surface area (Å²) < 4.78 is 0. The zero-order valence-electron chi connectivity index (χ0n) is 16.4.